The van der Waals surface area contributed by atoms with Crippen LogP contribution in [0.1, 0.15) is 5.56 Å². The summed E-state index contributed by atoms with van der Waals surface area (Å²) in [5.41, 5.74) is 0.837. The highest BCUT2D eigenvalue weighted by molar-refractivity contribution is 5.44. The van der Waals surface area contributed by atoms with Crippen molar-refractivity contribution in [2.45, 2.75) is 36.9 Å². The second kappa shape index (κ2) is 5.78. The van der Waals surface area contributed by atoms with E-state index in [1.165, 1.54) is 0 Å². The second-order valence-corrected chi connectivity index (χ2v) is 5.26. The fourth-order valence-electron chi connectivity index (χ4n) is 2.65. The van der Waals surface area contributed by atoms with E-state index in [1.807, 2.05) is 6.07 Å². The van der Waals surface area contributed by atoms with Crippen LogP contribution < -0.4 is 9.47 Å². The summed E-state index contributed by atoms with van der Waals surface area (Å²) in [5.74, 6) is 1.28. The molecule has 7 nitrogen and oxygen atoms in total. The number of hydrogen-bond donors (Lipinski definition) is 4. The molecule has 7 heteroatoms. The summed E-state index contributed by atoms with van der Waals surface area (Å²) in [7, 11) is 0. The molecule has 21 heavy (non-hydrogen) atoms. The van der Waals surface area contributed by atoms with Gasteiger partial charge in [-0.15, -0.1) is 0 Å². The quantitative estimate of drug-likeness (QED) is 0.555. The largest absolute Gasteiger partial charge is 0.454 e. The van der Waals surface area contributed by atoms with Crippen LogP contribution in [0.3, 0.4) is 0 Å². The van der Waals surface area contributed by atoms with Gasteiger partial charge in [-0.3, -0.25) is 0 Å². The smallest absolute Gasteiger partial charge is 0.231 e. The first-order valence-electron chi connectivity index (χ1n) is 6.79. The lowest BCUT2D eigenvalue weighted by Crippen LogP contribution is -2.58. The van der Waals surface area contributed by atoms with Gasteiger partial charge in [-0.1, -0.05) is 6.07 Å². The minimum Gasteiger partial charge on any atom is -0.454 e. The average molecular weight is 298 g/mol. The van der Waals surface area contributed by atoms with Crippen LogP contribution in [-0.2, 0) is 11.2 Å². The zero-order valence-corrected chi connectivity index (χ0v) is 11.3. The third-order valence-corrected chi connectivity index (χ3v) is 3.87. The van der Waals surface area contributed by atoms with E-state index in [2.05, 4.69) is 0 Å². The van der Waals surface area contributed by atoms with E-state index < -0.39 is 37.1 Å². The van der Waals surface area contributed by atoms with Gasteiger partial charge in [0.25, 0.3) is 0 Å². The van der Waals surface area contributed by atoms with Crippen LogP contribution in [0.25, 0.3) is 0 Å². The summed E-state index contributed by atoms with van der Waals surface area (Å²) in [6.07, 6.45) is -5.21. The Balaban J connectivity index is 1.74. The summed E-state index contributed by atoms with van der Waals surface area (Å²) in [5, 5.41) is 38.7. The van der Waals surface area contributed by atoms with Crippen LogP contribution in [0, 0.1) is 0 Å². The molecule has 0 radical (unpaired) electrons. The number of hydrogen-bond acceptors (Lipinski definition) is 7. The molecule has 2 aliphatic rings. The molecule has 1 saturated heterocycles. The van der Waals surface area contributed by atoms with Crippen molar-refractivity contribution in [3.63, 3.8) is 0 Å². The van der Waals surface area contributed by atoms with Gasteiger partial charge in [-0.2, -0.15) is 0 Å². The van der Waals surface area contributed by atoms with E-state index in [-0.39, 0.29) is 6.79 Å². The fourth-order valence-corrected chi connectivity index (χ4v) is 2.65. The van der Waals surface area contributed by atoms with Crippen LogP contribution in [0.15, 0.2) is 18.2 Å². The third-order valence-electron chi connectivity index (χ3n) is 3.87. The van der Waals surface area contributed by atoms with Gasteiger partial charge in [0, 0.05) is 6.42 Å². The number of rotatable bonds is 3. The Morgan fingerprint density at radius 1 is 0.952 bits per heavy atom. The van der Waals surface area contributed by atoms with Crippen LogP contribution in [0.5, 0.6) is 11.5 Å². The molecule has 4 N–H and O–H groups in total. The summed E-state index contributed by atoms with van der Waals surface area (Å²) < 4.78 is 16.0. The lowest BCUT2D eigenvalue weighted by atomic mass is 9.91. The van der Waals surface area contributed by atoms with E-state index in [9.17, 15) is 15.3 Å². The first-order valence-corrected chi connectivity index (χ1v) is 6.79. The second-order valence-electron chi connectivity index (χ2n) is 5.26. The molecule has 0 spiro atoms. The van der Waals surface area contributed by atoms with Crippen LogP contribution in [-0.4, -0.2) is 64.3 Å². The van der Waals surface area contributed by atoms with E-state index >= 15 is 0 Å². The molecule has 5 atom stereocenters. The van der Waals surface area contributed by atoms with E-state index in [0.29, 0.717) is 17.9 Å². The van der Waals surface area contributed by atoms with Crippen molar-refractivity contribution in [1.82, 2.24) is 0 Å². The fraction of sp³-hybridized carbons (Fsp3) is 0.571. The molecule has 116 valence electrons. The van der Waals surface area contributed by atoms with Gasteiger partial charge in [-0.05, 0) is 17.7 Å². The van der Waals surface area contributed by atoms with Crippen molar-refractivity contribution in [3.05, 3.63) is 23.8 Å². The Morgan fingerprint density at radius 2 is 1.67 bits per heavy atom. The van der Waals surface area contributed by atoms with Crippen LogP contribution in [0.4, 0.5) is 0 Å². The molecule has 0 aliphatic carbocycles. The molecule has 1 fully saturated rings. The molecular weight excluding hydrogens is 280 g/mol. The van der Waals surface area contributed by atoms with Crippen LogP contribution in [0.2, 0.25) is 0 Å². The Morgan fingerprint density at radius 3 is 2.43 bits per heavy atom. The average Bonchev–Trinajstić information content (AvgIpc) is 2.95. The Kier molecular flexibility index (Phi) is 4.01. The summed E-state index contributed by atoms with van der Waals surface area (Å²) in [6.45, 7) is -0.249. The number of benzene rings is 1. The lowest BCUT2D eigenvalue weighted by molar-refractivity contribution is -0.228. The Bertz CT molecular complexity index is 504. The Labute approximate surface area is 121 Å². The molecule has 1 aromatic carbocycles. The van der Waals surface area contributed by atoms with Gasteiger partial charge in [-0.25, -0.2) is 0 Å². The number of aliphatic hydroxyl groups is 4. The van der Waals surface area contributed by atoms with Crippen molar-refractivity contribution in [2.24, 2.45) is 0 Å². The maximum Gasteiger partial charge on any atom is 0.231 e. The molecule has 0 amide bonds. The highest BCUT2D eigenvalue weighted by Gasteiger charge is 2.43. The SMILES string of the molecule is OC[C@H]1OC(Cc2ccc3c(c2)OCO3)[C@H](O)[C@@H](O)[C@@H]1O. The summed E-state index contributed by atoms with van der Waals surface area (Å²) >= 11 is 0. The minimum absolute atomic E-state index is 0.179. The molecule has 1 unspecified atom stereocenters. The van der Waals surface area contributed by atoms with Gasteiger partial charge in [0.2, 0.25) is 6.79 Å². The number of aliphatic hydroxyl groups excluding tert-OH is 4. The minimum atomic E-state index is -1.35. The van der Waals surface area contributed by atoms with E-state index in [1.54, 1.807) is 12.1 Å². The lowest BCUT2D eigenvalue weighted by Gasteiger charge is -2.40. The normalized spacial score (nSPS) is 35.0. The van der Waals surface area contributed by atoms with Crippen LogP contribution >= 0.6 is 0 Å². The molecule has 3 rings (SSSR count). The van der Waals surface area contributed by atoms with E-state index in [0.717, 1.165) is 5.56 Å². The zero-order valence-electron chi connectivity index (χ0n) is 11.3. The molecule has 0 saturated carbocycles. The predicted molar refractivity (Wildman–Crippen MR) is 70.0 cm³/mol. The topological polar surface area (TPSA) is 109 Å². The van der Waals surface area contributed by atoms with Crippen molar-refractivity contribution < 1.29 is 34.6 Å². The molecule has 0 aromatic heterocycles. The van der Waals surface area contributed by atoms with Gasteiger partial charge < -0.3 is 34.6 Å². The standard InChI is InChI=1S/C14H18O7/c15-5-11-13(17)14(18)12(16)10(21-11)4-7-1-2-8-9(3-7)20-6-19-8/h1-3,10-18H,4-6H2/t10?,11-,12+,13-,14-/m1/s1. The third kappa shape index (κ3) is 2.70. The predicted octanol–water partition coefficient (Wildman–Crippen LogP) is -1.20. The summed E-state index contributed by atoms with van der Waals surface area (Å²) in [6, 6.07) is 5.36. The maximum absolute atomic E-state index is 10.0. The van der Waals surface area contributed by atoms with Crippen molar-refractivity contribution in [3.8, 4) is 11.5 Å². The summed E-state index contributed by atoms with van der Waals surface area (Å²) in [4.78, 5) is 0. The van der Waals surface area contributed by atoms with Gasteiger partial charge >= 0.3 is 0 Å². The Hall–Kier alpha value is -1.38. The van der Waals surface area contributed by atoms with Gasteiger partial charge in [0.1, 0.15) is 24.4 Å². The molecule has 1 aromatic rings. The van der Waals surface area contributed by atoms with E-state index in [4.69, 9.17) is 19.3 Å². The van der Waals surface area contributed by atoms with Crippen molar-refractivity contribution >= 4 is 0 Å². The number of ether oxygens (including phenoxy) is 3. The number of fused-ring (bicyclic) bond motifs is 1. The molecule has 0 bridgehead atoms. The first kappa shape index (κ1) is 14.6. The van der Waals surface area contributed by atoms with Gasteiger partial charge in [0.05, 0.1) is 12.7 Å². The first-order chi connectivity index (χ1) is 10.1. The molecule has 2 heterocycles. The maximum atomic E-state index is 10.0. The van der Waals surface area contributed by atoms with Gasteiger partial charge in [0.15, 0.2) is 11.5 Å². The zero-order chi connectivity index (χ0) is 15.0. The molecule has 2 aliphatic heterocycles. The highest BCUT2D eigenvalue weighted by Crippen LogP contribution is 2.33. The van der Waals surface area contributed by atoms with Crippen molar-refractivity contribution in [2.75, 3.05) is 13.4 Å². The highest BCUT2D eigenvalue weighted by atomic mass is 16.7. The van der Waals surface area contributed by atoms with Crippen molar-refractivity contribution in [1.29, 1.82) is 0 Å². The monoisotopic (exact) mass is 298 g/mol. The molecular formula is C14H18O7.